The minimum Gasteiger partial charge on any atom is -0.171 e. The molecule has 15 heavy (non-hydrogen) atoms. The summed E-state index contributed by atoms with van der Waals surface area (Å²) >= 11 is 0. The highest BCUT2D eigenvalue weighted by atomic mass is 19.4. The largest absolute Gasteiger partial charge is 0.393 e. The SMILES string of the molecule is Cc1ccc(CC(F)(F)F)cc1C(C)C. The second kappa shape index (κ2) is 4.25. The molecule has 0 amide bonds. The number of rotatable bonds is 2. The quantitative estimate of drug-likeness (QED) is 0.694. The fourth-order valence-corrected chi connectivity index (χ4v) is 1.65. The lowest BCUT2D eigenvalue weighted by molar-refractivity contribution is -0.127. The monoisotopic (exact) mass is 216 g/mol. The van der Waals surface area contributed by atoms with Gasteiger partial charge in [-0.15, -0.1) is 0 Å². The van der Waals surface area contributed by atoms with Crippen LogP contribution in [0.1, 0.15) is 36.5 Å². The topological polar surface area (TPSA) is 0 Å². The maximum absolute atomic E-state index is 12.2. The first-order valence-corrected chi connectivity index (χ1v) is 4.96. The van der Waals surface area contributed by atoms with Crippen LogP contribution in [0.2, 0.25) is 0 Å². The van der Waals surface area contributed by atoms with Gasteiger partial charge in [-0.25, -0.2) is 0 Å². The lowest BCUT2D eigenvalue weighted by Crippen LogP contribution is -2.12. The van der Waals surface area contributed by atoms with Crippen LogP contribution in [0.4, 0.5) is 13.2 Å². The predicted molar refractivity (Wildman–Crippen MR) is 55.0 cm³/mol. The first kappa shape index (κ1) is 12.1. The summed E-state index contributed by atoms with van der Waals surface area (Å²) in [6.07, 6.45) is -4.96. The Kier molecular flexibility index (Phi) is 3.42. The van der Waals surface area contributed by atoms with Crippen molar-refractivity contribution in [2.75, 3.05) is 0 Å². The highest BCUT2D eigenvalue weighted by Crippen LogP contribution is 2.25. The smallest absolute Gasteiger partial charge is 0.171 e. The van der Waals surface area contributed by atoms with Crippen molar-refractivity contribution in [1.29, 1.82) is 0 Å². The van der Waals surface area contributed by atoms with Crippen LogP contribution in [-0.2, 0) is 6.42 Å². The standard InChI is InChI=1S/C12H15F3/c1-8(2)11-6-10(5-4-9(11)3)7-12(13,14)15/h4-6,8H,7H2,1-3H3. The molecule has 0 aliphatic rings. The zero-order valence-electron chi connectivity index (χ0n) is 9.15. The van der Waals surface area contributed by atoms with Gasteiger partial charge in [0.2, 0.25) is 0 Å². The number of benzene rings is 1. The van der Waals surface area contributed by atoms with E-state index in [-0.39, 0.29) is 5.92 Å². The third kappa shape index (κ3) is 3.57. The predicted octanol–water partition coefficient (Wildman–Crippen LogP) is 4.22. The molecule has 1 aromatic rings. The van der Waals surface area contributed by atoms with Crippen LogP contribution in [0.5, 0.6) is 0 Å². The molecule has 0 aliphatic heterocycles. The Morgan fingerprint density at radius 2 is 1.80 bits per heavy atom. The fraction of sp³-hybridized carbons (Fsp3) is 0.500. The number of alkyl halides is 3. The Morgan fingerprint density at radius 1 is 1.20 bits per heavy atom. The van der Waals surface area contributed by atoms with Crippen LogP contribution in [0.3, 0.4) is 0 Å². The Morgan fingerprint density at radius 3 is 2.27 bits per heavy atom. The molecule has 0 fully saturated rings. The van der Waals surface area contributed by atoms with Crippen LogP contribution in [0.15, 0.2) is 18.2 Å². The molecule has 1 aromatic carbocycles. The number of aryl methyl sites for hydroxylation is 1. The van der Waals surface area contributed by atoms with Gasteiger partial charge in [-0.3, -0.25) is 0 Å². The summed E-state index contributed by atoms with van der Waals surface area (Å²) in [6, 6.07) is 4.97. The Hall–Kier alpha value is -0.990. The van der Waals surface area contributed by atoms with E-state index in [0.717, 1.165) is 11.1 Å². The normalized spacial score (nSPS) is 12.2. The van der Waals surface area contributed by atoms with Crippen LogP contribution in [-0.4, -0.2) is 6.18 Å². The van der Waals surface area contributed by atoms with Gasteiger partial charge in [-0.2, -0.15) is 13.2 Å². The van der Waals surface area contributed by atoms with Gasteiger partial charge < -0.3 is 0 Å². The molecule has 0 N–H and O–H groups in total. The molecule has 0 nitrogen and oxygen atoms in total. The van der Waals surface area contributed by atoms with E-state index >= 15 is 0 Å². The Balaban J connectivity index is 2.98. The lowest BCUT2D eigenvalue weighted by atomic mass is 9.95. The van der Waals surface area contributed by atoms with E-state index < -0.39 is 12.6 Å². The first-order chi connectivity index (χ1) is 6.79. The van der Waals surface area contributed by atoms with E-state index in [0.29, 0.717) is 5.56 Å². The van der Waals surface area contributed by atoms with E-state index in [1.807, 2.05) is 20.8 Å². The van der Waals surface area contributed by atoms with Gasteiger partial charge in [0.25, 0.3) is 0 Å². The molecule has 0 atom stereocenters. The van der Waals surface area contributed by atoms with Crippen LogP contribution < -0.4 is 0 Å². The molecule has 84 valence electrons. The number of hydrogen-bond donors (Lipinski definition) is 0. The van der Waals surface area contributed by atoms with E-state index in [1.54, 1.807) is 18.2 Å². The van der Waals surface area contributed by atoms with Crippen molar-refractivity contribution in [1.82, 2.24) is 0 Å². The minimum atomic E-state index is -4.12. The molecule has 1 rings (SSSR count). The van der Waals surface area contributed by atoms with Gasteiger partial charge in [0.05, 0.1) is 6.42 Å². The van der Waals surface area contributed by atoms with Crippen molar-refractivity contribution >= 4 is 0 Å². The summed E-state index contributed by atoms with van der Waals surface area (Å²) in [5.41, 5.74) is 2.39. The van der Waals surface area contributed by atoms with E-state index in [9.17, 15) is 13.2 Å². The van der Waals surface area contributed by atoms with Gasteiger partial charge in [0, 0.05) is 0 Å². The highest BCUT2D eigenvalue weighted by molar-refractivity contribution is 5.33. The van der Waals surface area contributed by atoms with Gasteiger partial charge in [0.15, 0.2) is 0 Å². The lowest BCUT2D eigenvalue weighted by Gasteiger charge is -2.13. The van der Waals surface area contributed by atoms with E-state index in [1.165, 1.54) is 0 Å². The summed E-state index contributed by atoms with van der Waals surface area (Å²) in [4.78, 5) is 0. The molecule has 3 heteroatoms. The fourth-order valence-electron chi connectivity index (χ4n) is 1.65. The molecule has 0 saturated heterocycles. The maximum Gasteiger partial charge on any atom is 0.393 e. The Bertz CT molecular complexity index is 337. The highest BCUT2D eigenvalue weighted by Gasteiger charge is 2.27. The van der Waals surface area contributed by atoms with Crippen LogP contribution in [0, 0.1) is 6.92 Å². The summed E-state index contributed by atoms with van der Waals surface area (Å²) in [5, 5.41) is 0. The van der Waals surface area contributed by atoms with Gasteiger partial charge >= 0.3 is 6.18 Å². The van der Waals surface area contributed by atoms with Gasteiger partial charge in [-0.05, 0) is 29.5 Å². The summed E-state index contributed by atoms with van der Waals surface area (Å²) < 4.78 is 36.5. The molecule has 0 unspecified atom stereocenters. The summed E-state index contributed by atoms with van der Waals surface area (Å²) in [5.74, 6) is 0.262. The molecule has 0 radical (unpaired) electrons. The first-order valence-electron chi connectivity index (χ1n) is 4.96. The molecular formula is C12H15F3. The zero-order valence-corrected chi connectivity index (χ0v) is 9.15. The molecule has 0 aromatic heterocycles. The van der Waals surface area contributed by atoms with E-state index in [2.05, 4.69) is 0 Å². The van der Waals surface area contributed by atoms with Crippen LogP contribution in [0.25, 0.3) is 0 Å². The van der Waals surface area contributed by atoms with Crippen molar-refractivity contribution in [2.24, 2.45) is 0 Å². The third-order valence-electron chi connectivity index (χ3n) is 2.37. The minimum absolute atomic E-state index is 0.262. The van der Waals surface area contributed by atoms with E-state index in [4.69, 9.17) is 0 Å². The zero-order chi connectivity index (χ0) is 11.6. The summed E-state index contributed by atoms with van der Waals surface area (Å²) in [6.45, 7) is 5.89. The van der Waals surface area contributed by atoms with Crippen molar-refractivity contribution in [2.45, 2.75) is 39.3 Å². The second-order valence-electron chi connectivity index (χ2n) is 4.14. The Labute approximate surface area is 88.1 Å². The number of hydrogen-bond acceptors (Lipinski definition) is 0. The van der Waals surface area contributed by atoms with Crippen LogP contribution >= 0.6 is 0 Å². The third-order valence-corrected chi connectivity index (χ3v) is 2.37. The maximum atomic E-state index is 12.2. The number of halogens is 3. The second-order valence-corrected chi connectivity index (χ2v) is 4.14. The molecule has 0 spiro atoms. The van der Waals surface area contributed by atoms with Gasteiger partial charge in [-0.1, -0.05) is 32.0 Å². The van der Waals surface area contributed by atoms with Crippen molar-refractivity contribution in [3.8, 4) is 0 Å². The van der Waals surface area contributed by atoms with Crippen molar-refractivity contribution in [3.63, 3.8) is 0 Å². The molecule has 0 heterocycles. The molecule has 0 aliphatic carbocycles. The molecular weight excluding hydrogens is 201 g/mol. The average molecular weight is 216 g/mol. The van der Waals surface area contributed by atoms with Crippen molar-refractivity contribution in [3.05, 3.63) is 34.9 Å². The molecule has 0 saturated carbocycles. The average Bonchev–Trinajstić information content (AvgIpc) is 2.05. The summed E-state index contributed by atoms with van der Waals surface area (Å²) in [7, 11) is 0. The molecule has 0 bridgehead atoms. The van der Waals surface area contributed by atoms with Crippen molar-refractivity contribution < 1.29 is 13.2 Å². The van der Waals surface area contributed by atoms with Gasteiger partial charge in [0.1, 0.15) is 0 Å².